The highest BCUT2D eigenvalue weighted by Crippen LogP contribution is 2.90. The van der Waals surface area contributed by atoms with Gasteiger partial charge < -0.3 is 4.74 Å². The van der Waals surface area contributed by atoms with Gasteiger partial charge in [-0.1, -0.05) is 30.3 Å². The van der Waals surface area contributed by atoms with Crippen LogP contribution in [0.15, 0.2) is 30.3 Å². The minimum absolute atomic E-state index is 0.0128. The molecule has 0 spiro atoms. The van der Waals surface area contributed by atoms with Crippen LogP contribution < -0.4 is 0 Å². The van der Waals surface area contributed by atoms with E-state index in [1.165, 1.54) is 7.11 Å². The molecule has 106 valence electrons. The maximum absolute atomic E-state index is 12.7. The zero-order valence-corrected chi connectivity index (χ0v) is 11.5. The lowest BCUT2D eigenvalue weighted by atomic mass is 9.75. The molecule has 0 saturated heterocycles. The number of ether oxygens (including phenoxy) is 1. The van der Waals surface area contributed by atoms with Crippen molar-refractivity contribution >= 4 is 17.5 Å². The molecule has 0 aliphatic heterocycles. The van der Waals surface area contributed by atoms with Gasteiger partial charge in [-0.05, 0) is 29.2 Å². The van der Waals surface area contributed by atoms with Crippen molar-refractivity contribution in [3.8, 4) is 0 Å². The van der Waals surface area contributed by atoms with E-state index in [4.69, 9.17) is 0 Å². The Morgan fingerprint density at radius 3 is 2.43 bits per heavy atom. The van der Waals surface area contributed by atoms with Crippen molar-refractivity contribution in [3.05, 3.63) is 35.9 Å². The van der Waals surface area contributed by atoms with Crippen molar-refractivity contribution < 1.29 is 19.1 Å². The van der Waals surface area contributed by atoms with Crippen molar-refractivity contribution in [1.29, 1.82) is 0 Å². The van der Waals surface area contributed by atoms with Gasteiger partial charge in [0, 0.05) is 11.8 Å². The molecule has 0 bridgehead atoms. The number of rotatable bonds is 3. The fraction of sp³-hybridized carbons (Fsp3) is 0.471. The van der Waals surface area contributed by atoms with Crippen molar-refractivity contribution in [2.45, 2.75) is 5.41 Å². The van der Waals surface area contributed by atoms with Crippen molar-refractivity contribution in [1.82, 2.24) is 0 Å². The lowest BCUT2D eigenvalue weighted by Crippen LogP contribution is -2.38. The van der Waals surface area contributed by atoms with Gasteiger partial charge in [0.15, 0.2) is 0 Å². The van der Waals surface area contributed by atoms with Crippen LogP contribution in [0.3, 0.4) is 0 Å². The second kappa shape index (κ2) is 3.26. The largest absolute Gasteiger partial charge is 0.463 e. The number of hydrogen-bond acceptors (Lipinski definition) is 4. The zero-order valence-electron chi connectivity index (χ0n) is 11.5. The zero-order chi connectivity index (χ0) is 14.5. The van der Waals surface area contributed by atoms with E-state index in [1.54, 1.807) is 0 Å². The summed E-state index contributed by atoms with van der Waals surface area (Å²) in [5.74, 6) is -0.395. The summed E-state index contributed by atoms with van der Waals surface area (Å²) in [5.41, 5.74) is 0.554. The smallest absolute Gasteiger partial charge is 0.374 e. The van der Waals surface area contributed by atoms with E-state index in [1.807, 2.05) is 30.3 Å². The summed E-state index contributed by atoms with van der Waals surface area (Å²) in [5, 5.41) is 0. The molecule has 0 aromatic heterocycles. The number of benzene rings is 1. The highest BCUT2D eigenvalue weighted by molar-refractivity contribution is 6.35. The molecular formula is C17H14O4. The van der Waals surface area contributed by atoms with E-state index in [0.29, 0.717) is 11.7 Å². The molecule has 4 aliphatic carbocycles. The Kier molecular flexibility index (Phi) is 1.81. The molecule has 4 saturated carbocycles. The normalized spacial score (nSPS) is 47.0. The van der Waals surface area contributed by atoms with Gasteiger partial charge in [0.25, 0.3) is 0 Å². The Hall–Kier alpha value is -1.97. The average Bonchev–Trinajstić information content (AvgIpc) is 3.36. The molecule has 0 amide bonds. The van der Waals surface area contributed by atoms with E-state index < -0.39 is 17.2 Å². The molecule has 4 nitrogen and oxygen atoms in total. The minimum Gasteiger partial charge on any atom is -0.463 e. The third kappa shape index (κ3) is 1.00. The molecule has 7 atom stereocenters. The summed E-state index contributed by atoms with van der Waals surface area (Å²) < 4.78 is 4.60. The SMILES string of the molecule is COC(=O)C(=O)[C@H]1[C@H]2C3C(=O)C4(c5ccccc5)[C@H]([C@H]32)[C@H]14. The van der Waals surface area contributed by atoms with Gasteiger partial charge in [-0.3, -0.25) is 9.59 Å². The maximum atomic E-state index is 12.7. The predicted octanol–water partition coefficient (Wildman–Crippen LogP) is 0.987. The van der Waals surface area contributed by atoms with Crippen LogP contribution in [0.5, 0.6) is 0 Å². The molecule has 1 aromatic carbocycles. The van der Waals surface area contributed by atoms with Crippen LogP contribution in [-0.2, 0) is 24.5 Å². The number of ketones is 2. The summed E-state index contributed by atoms with van der Waals surface area (Å²) in [7, 11) is 1.24. The van der Waals surface area contributed by atoms with Crippen LogP contribution in [0.4, 0.5) is 0 Å². The van der Waals surface area contributed by atoms with Crippen molar-refractivity contribution in [3.63, 3.8) is 0 Å². The van der Waals surface area contributed by atoms with Gasteiger partial charge in [-0.15, -0.1) is 0 Å². The molecule has 0 radical (unpaired) electrons. The number of Topliss-reactive ketones (excluding diaryl/α,β-unsaturated/α-hetero) is 2. The first kappa shape index (κ1) is 11.7. The molecule has 21 heavy (non-hydrogen) atoms. The van der Waals surface area contributed by atoms with Crippen molar-refractivity contribution in [2.24, 2.45) is 35.5 Å². The number of fused-ring (bicyclic) bond motifs is 2. The Bertz CT molecular complexity index is 709. The number of methoxy groups -OCH3 is 1. The molecule has 0 heterocycles. The average molecular weight is 282 g/mol. The first-order valence-electron chi connectivity index (χ1n) is 7.37. The Morgan fingerprint density at radius 2 is 1.81 bits per heavy atom. The third-order valence-electron chi connectivity index (χ3n) is 6.33. The summed E-state index contributed by atoms with van der Waals surface area (Å²) >= 11 is 0. The molecule has 5 rings (SSSR count). The monoisotopic (exact) mass is 282 g/mol. The number of carbonyl (C=O) groups is 3. The summed E-state index contributed by atoms with van der Waals surface area (Å²) in [4.78, 5) is 36.7. The van der Waals surface area contributed by atoms with E-state index in [-0.39, 0.29) is 29.6 Å². The maximum Gasteiger partial charge on any atom is 0.374 e. The summed E-state index contributed by atoms with van der Waals surface area (Å²) in [6, 6.07) is 9.76. The summed E-state index contributed by atoms with van der Waals surface area (Å²) in [6.07, 6.45) is 0. The van der Waals surface area contributed by atoms with Crippen LogP contribution in [0.25, 0.3) is 0 Å². The molecule has 4 fully saturated rings. The van der Waals surface area contributed by atoms with Crippen LogP contribution in [-0.4, -0.2) is 24.6 Å². The number of esters is 1. The van der Waals surface area contributed by atoms with Gasteiger partial charge in [-0.2, -0.15) is 0 Å². The molecule has 2 unspecified atom stereocenters. The molecule has 4 aliphatic rings. The van der Waals surface area contributed by atoms with E-state index >= 15 is 0 Å². The van der Waals surface area contributed by atoms with Gasteiger partial charge in [0.1, 0.15) is 5.78 Å². The van der Waals surface area contributed by atoms with E-state index in [2.05, 4.69) is 4.74 Å². The predicted molar refractivity (Wildman–Crippen MR) is 71.1 cm³/mol. The first-order chi connectivity index (χ1) is 10.2. The lowest BCUT2D eigenvalue weighted by molar-refractivity contribution is -0.154. The minimum atomic E-state index is -0.756. The van der Waals surface area contributed by atoms with E-state index in [9.17, 15) is 14.4 Å². The Labute approximate surface area is 121 Å². The van der Waals surface area contributed by atoms with Gasteiger partial charge in [0.05, 0.1) is 12.5 Å². The standard InChI is InChI=1S/C17H14O4/c1-21-16(20)14(18)11-8-9-10(8)15(19)17(12(9)13(11)17)7-5-3-2-4-6-7/h2-6,8-13H,1H3/t8-,9+,10?,11+,12-,13+,17?/m1/s1. The van der Waals surface area contributed by atoms with Crippen LogP contribution in [0, 0.1) is 35.5 Å². The molecule has 1 aromatic rings. The van der Waals surface area contributed by atoms with Crippen molar-refractivity contribution in [2.75, 3.05) is 7.11 Å². The van der Waals surface area contributed by atoms with E-state index in [0.717, 1.165) is 5.56 Å². The second-order valence-electron chi connectivity index (χ2n) is 6.71. The Balaban J connectivity index is 1.59. The Morgan fingerprint density at radius 1 is 1.10 bits per heavy atom. The molecule has 0 N–H and O–H groups in total. The quantitative estimate of drug-likeness (QED) is 0.612. The fourth-order valence-electron chi connectivity index (χ4n) is 5.79. The van der Waals surface area contributed by atoms with Gasteiger partial charge in [-0.25, -0.2) is 4.79 Å². The molecular weight excluding hydrogens is 268 g/mol. The third-order valence-corrected chi connectivity index (χ3v) is 6.33. The van der Waals surface area contributed by atoms with Gasteiger partial charge in [0.2, 0.25) is 5.78 Å². The van der Waals surface area contributed by atoms with Crippen LogP contribution >= 0.6 is 0 Å². The van der Waals surface area contributed by atoms with Gasteiger partial charge >= 0.3 is 5.97 Å². The van der Waals surface area contributed by atoms with Crippen LogP contribution in [0.1, 0.15) is 5.56 Å². The lowest BCUT2D eigenvalue weighted by Gasteiger charge is -2.26. The number of carbonyl (C=O) groups excluding carboxylic acids is 3. The highest BCUT2D eigenvalue weighted by atomic mass is 16.5. The number of hydrogen-bond donors (Lipinski definition) is 0. The van der Waals surface area contributed by atoms with Crippen LogP contribution in [0.2, 0.25) is 0 Å². The topological polar surface area (TPSA) is 60.4 Å². The first-order valence-corrected chi connectivity index (χ1v) is 7.37. The fourth-order valence-corrected chi connectivity index (χ4v) is 5.79. The highest BCUT2D eigenvalue weighted by Gasteiger charge is 2.95. The second-order valence-corrected chi connectivity index (χ2v) is 6.71. The summed E-state index contributed by atoms with van der Waals surface area (Å²) in [6.45, 7) is 0. The molecule has 4 heteroatoms.